The van der Waals surface area contributed by atoms with Gasteiger partial charge in [-0.1, -0.05) is 23.8 Å². The molecular formula is C22H31NO4. The van der Waals surface area contributed by atoms with E-state index in [0.717, 1.165) is 22.3 Å². The molecular weight excluding hydrogens is 342 g/mol. The molecule has 1 heterocycles. The molecule has 148 valence electrons. The molecule has 1 unspecified atom stereocenters. The molecule has 27 heavy (non-hydrogen) atoms. The Labute approximate surface area is 162 Å². The zero-order chi connectivity index (χ0) is 20.2. The predicted molar refractivity (Wildman–Crippen MR) is 106 cm³/mol. The zero-order valence-electron chi connectivity index (χ0n) is 17.3. The summed E-state index contributed by atoms with van der Waals surface area (Å²) in [6.45, 7) is 12.4. The van der Waals surface area contributed by atoms with E-state index < -0.39 is 5.60 Å². The van der Waals surface area contributed by atoms with Crippen LogP contribution in [0, 0.1) is 13.8 Å². The Morgan fingerprint density at radius 1 is 1.22 bits per heavy atom. The minimum atomic E-state index is -0.552. The molecule has 1 aliphatic rings. The zero-order valence-corrected chi connectivity index (χ0v) is 17.3. The number of benzene rings is 1. The first-order valence-corrected chi connectivity index (χ1v) is 9.54. The number of piperidine rings is 1. The molecule has 0 spiro atoms. The van der Waals surface area contributed by atoms with E-state index >= 15 is 0 Å². The van der Waals surface area contributed by atoms with Gasteiger partial charge in [0.1, 0.15) is 5.60 Å². The van der Waals surface area contributed by atoms with Crippen molar-refractivity contribution in [2.24, 2.45) is 0 Å². The maximum absolute atomic E-state index is 12.8. The maximum atomic E-state index is 12.8. The van der Waals surface area contributed by atoms with Crippen molar-refractivity contribution in [3.05, 3.63) is 46.5 Å². The van der Waals surface area contributed by atoms with E-state index in [2.05, 4.69) is 26.0 Å². The molecule has 1 saturated heterocycles. The molecule has 1 amide bonds. The van der Waals surface area contributed by atoms with E-state index in [1.807, 2.05) is 26.8 Å². The molecule has 0 aromatic heterocycles. The lowest BCUT2D eigenvalue weighted by Crippen LogP contribution is -2.42. The second-order valence-corrected chi connectivity index (χ2v) is 8.00. The molecule has 0 saturated carbocycles. The molecule has 0 bridgehead atoms. The first-order valence-electron chi connectivity index (χ1n) is 9.54. The molecule has 5 nitrogen and oxygen atoms in total. The molecule has 0 radical (unpaired) electrons. The van der Waals surface area contributed by atoms with Crippen molar-refractivity contribution in [1.82, 2.24) is 4.90 Å². The van der Waals surface area contributed by atoms with Crippen molar-refractivity contribution in [2.45, 2.75) is 66.0 Å². The topological polar surface area (TPSA) is 55.8 Å². The molecule has 2 rings (SSSR count). The van der Waals surface area contributed by atoms with Gasteiger partial charge in [-0.3, -0.25) is 0 Å². The molecule has 5 heteroatoms. The van der Waals surface area contributed by atoms with Crippen LogP contribution in [0.2, 0.25) is 0 Å². The summed E-state index contributed by atoms with van der Waals surface area (Å²) < 4.78 is 10.7. The number of carbonyl (C=O) groups excluding carboxylic acids is 2. The normalized spacial score (nSPS) is 19.1. The van der Waals surface area contributed by atoms with Crippen LogP contribution in [0.15, 0.2) is 29.8 Å². The van der Waals surface area contributed by atoms with Gasteiger partial charge in [-0.2, -0.15) is 0 Å². The Balaban J connectivity index is 2.37. The summed E-state index contributed by atoms with van der Waals surface area (Å²) in [5.41, 5.74) is 3.83. The van der Waals surface area contributed by atoms with Crippen molar-refractivity contribution >= 4 is 12.1 Å². The van der Waals surface area contributed by atoms with Gasteiger partial charge in [0.05, 0.1) is 12.6 Å². The average molecular weight is 373 g/mol. The number of amides is 1. The molecule has 1 aromatic carbocycles. The molecule has 0 N–H and O–H groups in total. The van der Waals surface area contributed by atoms with Crippen LogP contribution in [0.3, 0.4) is 0 Å². The number of esters is 1. The highest BCUT2D eigenvalue weighted by Crippen LogP contribution is 2.37. The third-order valence-corrected chi connectivity index (χ3v) is 4.62. The number of likely N-dealkylation sites (tertiary alicyclic amines) is 1. The first kappa shape index (κ1) is 21.0. The second kappa shape index (κ2) is 8.59. The Morgan fingerprint density at radius 3 is 2.41 bits per heavy atom. The van der Waals surface area contributed by atoms with Gasteiger partial charge in [0.25, 0.3) is 0 Å². The lowest BCUT2D eigenvalue weighted by molar-refractivity contribution is -0.137. The van der Waals surface area contributed by atoms with Crippen LogP contribution in [0.4, 0.5) is 4.79 Å². The summed E-state index contributed by atoms with van der Waals surface area (Å²) in [7, 11) is 0. The lowest BCUT2D eigenvalue weighted by Gasteiger charge is -2.39. The largest absolute Gasteiger partial charge is 0.463 e. The highest BCUT2D eigenvalue weighted by molar-refractivity contribution is 5.83. The van der Waals surface area contributed by atoms with Crippen LogP contribution in [0.25, 0.3) is 0 Å². The van der Waals surface area contributed by atoms with Gasteiger partial charge in [-0.25, -0.2) is 9.59 Å². The minimum absolute atomic E-state index is 0.157. The van der Waals surface area contributed by atoms with Gasteiger partial charge < -0.3 is 14.4 Å². The number of nitrogens with zero attached hydrogens (tertiary/aromatic N) is 1. The van der Waals surface area contributed by atoms with Gasteiger partial charge in [-0.15, -0.1) is 0 Å². The van der Waals surface area contributed by atoms with Crippen molar-refractivity contribution in [2.75, 3.05) is 13.2 Å². The summed E-state index contributed by atoms with van der Waals surface area (Å²) in [5.74, 6) is -0.321. The molecule has 1 aliphatic heterocycles. The van der Waals surface area contributed by atoms with Gasteiger partial charge >= 0.3 is 12.1 Å². The van der Waals surface area contributed by atoms with Gasteiger partial charge in [0.15, 0.2) is 0 Å². The van der Waals surface area contributed by atoms with Gasteiger partial charge in [-0.05, 0) is 71.1 Å². The van der Waals surface area contributed by atoms with E-state index in [0.29, 0.717) is 26.0 Å². The number of aryl methyl sites for hydroxylation is 2. The number of ether oxygens (including phenoxy) is 2. The van der Waals surface area contributed by atoms with E-state index in [1.165, 1.54) is 0 Å². The van der Waals surface area contributed by atoms with Crippen molar-refractivity contribution < 1.29 is 19.1 Å². The van der Waals surface area contributed by atoms with Crippen molar-refractivity contribution in [3.8, 4) is 0 Å². The lowest BCUT2D eigenvalue weighted by atomic mass is 9.87. The molecule has 1 aromatic rings. The second-order valence-electron chi connectivity index (χ2n) is 8.00. The summed E-state index contributed by atoms with van der Waals surface area (Å²) in [6.07, 6.45) is 2.50. The van der Waals surface area contributed by atoms with Crippen molar-refractivity contribution in [3.63, 3.8) is 0 Å². The van der Waals surface area contributed by atoms with Crippen LogP contribution in [0.1, 0.15) is 63.3 Å². The number of hydrogen-bond donors (Lipinski definition) is 0. The van der Waals surface area contributed by atoms with E-state index in [-0.39, 0.29) is 18.1 Å². The standard InChI is InChI=1S/C22H31NO4/c1-7-26-19(24)14-17-11-12-23(21(25)27-22(4,5)6)18(13-17)20-15(2)9-8-10-16(20)3/h8-10,14,18H,7,11-13H2,1-6H3. The van der Waals surface area contributed by atoms with E-state index in [9.17, 15) is 9.59 Å². The van der Waals surface area contributed by atoms with Crippen LogP contribution in [-0.2, 0) is 14.3 Å². The van der Waals surface area contributed by atoms with Crippen LogP contribution < -0.4 is 0 Å². The SMILES string of the molecule is CCOC(=O)C=C1CCN(C(=O)OC(C)(C)C)C(c2c(C)cccc2C)C1. The fourth-order valence-electron chi connectivity index (χ4n) is 3.51. The third-order valence-electron chi connectivity index (χ3n) is 4.62. The highest BCUT2D eigenvalue weighted by Gasteiger charge is 2.34. The summed E-state index contributed by atoms with van der Waals surface area (Å²) >= 11 is 0. The number of hydrogen-bond acceptors (Lipinski definition) is 4. The molecule has 0 aliphatic carbocycles. The smallest absolute Gasteiger partial charge is 0.410 e. The fraction of sp³-hybridized carbons (Fsp3) is 0.545. The Bertz CT molecular complexity index is 710. The van der Waals surface area contributed by atoms with Crippen molar-refractivity contribution in [1.29, 1.82) is 0 Å². The quantitative estimate of drug-likeness (QED) is 0.560. The summed E-state index contributed by atoms with van der Waals surface area (Å²) in [4.78, 5) is 26.5. The Hall–Kier alpha value is -2.30. The Kier molecular flexibility index (Phi) is 6.68. The molecule has 1 atom stereocenters. The van der Waals surface area contributed by atoms with E-state index in [1.54, 1.807) is 17.9 Å². The third kappa shape index (κ3) is 5.59. The number of carbonyl (C=O) groups is 2. The van der Waals surface area contributed by atoms with Gasteiger partial charge in [0, 0.05) is 12.6 Å². The monoisotopic (exact) mass is 373 g/mol. The summed E-state index contributed by atoms with van der Waals surface area (Å²) in [5, 5.41) is 0. The van der Waals surface area contributed by atoms with Crippen LogP contribution >= 0.6 is 0 Å². The van der Waals surface area contributed by atoms with Crippen LogP contribution in [-0.4, -0.2) is 35.7 Å². The fourth-order valence-corrected chi connectivity index (χ4v) is 3.51. The highest BCUT2D eigenvalue weighted by atomic mass is 16.6. The van der Waals surface area contributed by atoms with Crippen LogP contribution in [0.5, 0.6) is 0 Å². The predicted octanol–water partition coefficient (Wildman–Crippen LogP) is 4.86. The maximum Gasteiger partial charge on any atom is 0.410 e. The summed E-state index contributed by atoms with van der Waals surface area (Å²) in [6, 6.07) is 5.97. The first-order chi connectivity index (χ1) is 12.6. The number of rotatable bonds is 3. The molecule has 1 fully saturated rings. The Morgan fingerprint density at radius 2 is 1.85 bits per heavy atom. The van der Waals surface area contributed by atoms with E-state index in [4.69, 9.17) is 9.47 Å². The minimum Gasteiger partial charge on any atom is -0.463 e. The average Bonchev–Trinajstić information content (AvgIpc) is 2.53. The van der Waals surface area contributed by atoms with Gasteiger partial charge in [0.2, 0.25) is 0 Å².